The summed E-state index contributed by atoms with van der Waals surface area (Å²) in [6, 6.07) is 10.5. The molecule has 0 radical (unpaired) electrons. The van der Waals surface area contributed by atoms with Gasteiger partial charge in [0.1, 0.15) is 11.6 Å². The number of nitrogens with one attached hydrogen (secondary N) is 1. The first kappa shape index (κ1) is 18.8. The highest BCUT2D eigenvalue weighted by molar-refractivity contribution is 6.40. The van der Waals surface area contributed by atoms with Gasteiger partial charge in [0.25, 0.3) is 5.91 Å². The van der Waals surface area contributed by atoms with E-state index in [9.17, 15) is 18.0 Å². The number of nitrogens with zero attached hydrogens (tertiary/aromatic N) is 1. The largest absolute Gasteiger partial charge is 0.416 e. The minimum absolute atomic E-state index is 0.0618. The van der Waals surface area contributed by atoms with Crippen molar-refractivity contribution in [3.05, 3.63) is 69.2 Å². The first-order chi connectivity index (χ1) is 11.7. The van der Waals surface area contributed by atoms with E-state index in [1.807, 2.05) is 0 Å². The second-order valence-electron chi connectivity index (χ2n) is 4.84. The molecule has 1 N–H and O–H groups in total. The molecule has 0 fully saturated rings. The molecule has 3 nitrogen and oxygen atoms in total. The molecule has 2 aromatic rings. The molecule has 0 heterocycles. The molecule has 8 heteroatoms. The smallest absolute Gasteiger partial charge is 0.319 e. The summed E-state index contributed by atoms with van der Waals surface area (Å²) in [5.74, 6) is -0.838. The summed E-state index contributed by atoms with van der Waals surface area (Å²) in [6.07, 6.45) is -3.47. The Kier molecular flexibility index (Phi) is 5.73. The van der Waals surface area contributed by atoms with Crippen LogP contribution in [0.2, 0.25) is 10.0 Å². The lowest BCUT2D eigenvalue weighted by Gasteiger charge is -2.09. The van der Waals surface area contributed by atoms with Crippen LogP contribution in [0.25, 0.3) is 6.08 Å². The maximum absolute atomic E-state index is 12.7. The average Bonchev–Trinajstić information content (AvgIpc) is 2.55. The van der Waals surface area contributed by atoms with Crippen molar-refractivity contribution in [2.24, 2.45) is 0 Å². The number of amides is 1. The highest BCUT2D eigenvalue weighted by atomic mass is 35.5. The van der Waals surface area contributed by atoms with Gasteiger partial charge in [-0.05, 0) is 35.9 Å². The van der Waals surface area contributed by atoms with Crippen LogP contribution in [0, 0.1) is 11.3 Å². The lowest BCUT2D eigenvalue weighted by atomic mass is 10.1. The van der Waals surface area contributed by atoms with Crippen molar-refractivity contribution in [2.75, 3.05) is 5.32 Å². The molecule has 0 aromatic heterocycles. The number of carbonyl (C=O) groups excluding carboxylic acids is 1. The quantitative estimate of drug-likeness (QED) is 0.556. The fourth-order valence-electron chi connectivity index (χ4n) is 1.92. The van der Waals surface area contributed by atoms with Gasteiger partial charge in [-0.15, -0.1) is 0 Å². The molecule has 0 atom stereocenters. The average molecular weight is 385 g/mol. The molecule has 0 unspecified atom stereocenters. The van der Waals surface area contributed by atoms with Gasteiger partial charge in [-0.2, -0.15) is 18.4 Å². The van der Waals surface area contributed by atoms with E-state index in [-0.39, 0.29) is 21.3 Å². The van der Waals surface area contributed by atoms with Gasteiger partial charge in [0.15, 0.2) is 0 Å². The van der Waals surface area contributed by atoms with Crippen molar-refractivity contribution >= 4 is 40.9 Å². The minimum atomic E-state index is -4.52. The number of hydrogen-bond acceptors (Lipinski definition) is 2. The van der Waals surface area contributed by atoms with Gasteiger partial charge in [-0.1, -0.05) is 41.4 Å². The van der Waals surface area contributed by atoms with Crippen molar-refractivity contribution in [2.45, 2.75) is 6.18 Å². The van der Waals surface area contributed by atoms with Gasteiger partial charge in [-0.3, -0.25) is 4.79 Å². The SMILES string of the molecule is N#C/C(=C\c1cccc(C(F)(F)F)c1)C(=O)Nc1c(Cl)cccc1Cl. The summed E-state index contributed by atoms with van der Waals surface area (Å²) in [5.41, 5.74) is -1.10. The van der Waals surface area contributed by atoms with Gasteiger partial charge >= 0.3 is 6.18 Å². The van der Waals surface area contributed by atoms with E-state index >= 15 is 0 Å². The normalized spacial score (nSPS) is 11.8. The fourth-order valence-corrected chi connectivity index (χ4v) is 2.41. The standard InChI is InChI=1S/C17H9Cl2F3N2O/c18-13-5-2-6-14(19)15(13)24-16(25)11(9-23)7-10-3-1-4-12(8-10)17(20,21)22/h1-8H,(H,24,25)/b11-7+. The summed E-state index contributed by atoms with van der Waals surface area (Å²) in [6.45, 7) is 0. The minimum Gasteiger partial charge on any atom is -0.319 e. The topological polar surface area (TPSA) is 52.9 Å². The molecule has 0 aliphatic heterocycles. The lowest BCUT2D eigenvalue weighted by molar-refractivity contribution is -0.137. The first-order valence-corrected chi connectivity index (χ1v) is 7.52. The third-order valence-corrected chi connectivity index (χ3v) is 3.72. The molecule has 0 aliphatic rings. The number of halogens is 5. The predicted molar refractivity (Wildman–Crippen MR) is 90.1 cm³/mol. The van der Waals surface area contributed by atoms with Gasteiger partial charge in [0.2, 0.25) is 0 Å². The summed E-state index contributed by atoms with van der Waals surface area (Å²) in [7, 11) is 0. The van der Waals surface area contributed by atoms with Crippen molar-refractivity contribution in [3.63, 3.8) is 0 Å². The van der Waals surface area contributed by atoms with Crippen LogP contribution in [0.1, 0.15) is 11.1 Å². The van der Waals surface area contributed by atoms with Crippen LogP contribution < -0.4 is 5.32 Å². The molecule has 0 saturated carbocycles. The number of anilines is 1. The van der Waals surface area contributed by atoms with Crippen LogP contribution >= 0.6 is 23.2 Å². The second-order valence-corrected chi connectivity index (χ2v) is 5.66. The van der Waals surface area contributed by atoms with E-state index in [0.29, 0.717) is 0 Å². The second kappa shape index (κ2) is 7.60. The molecule has 1 amide bonds. The van der Waals surface area contributed by atoms with Crippen molar-refractivity contribution in [1.29, 1.82) is 5.26 Å². The van der Waals surface area contributed by atoms with E-state index in [0.717, 1.165) is 18.2 Å². The van der Waals surface area contributed by atoms with Crippen LogP contribution in [0.4, 0.5) is 18.9 Å². The fraction of sp³-hybridized carbons (Fsp3) is 0.0588. The summed E-state index contributed by atoms with van der Waals surface area (Å²) >= 11 is 11.9. The Morgan fingerprint density at radius 1 is 1.12 bits per heavy atom. The van der Waals surface area contributed by atoms with Crippen LogP contribution in [0.15, 0.2) is 48.0 Å². The first-order valence-electron chi connectivity index (χ1n) is 6.77. The molecular formula is C17H9Cl2F3N2O. The van der Waals surface area contributed by atoms with E-state index < -0.39 is 23.2 Å². The monoisotopic (exact) mass is 384 g/mol. The van der Waals surface area contributed by atoms with Gasteiger partial charge in [-0.25, -0.2) is 0 Å². The van der Waals surface area contributed by atoms with Crippen LogP contribution in [0.3, 0.4) is 0 Å². The zero-order chi connectivity index (χ0) is 18.6. The van der Waals surface area contributed by atoms with E-state index in [1.54, 1.807) is 12.1 Å². The predicted octanol–water partition coefficient (Wildman–Crippen LogP) is 5.56. The van der Waals surface area contributed by atoms with Gasteiger partial charge in [0, 0.05) is 0 Å². The molecule has 2 aromatic carbocycles. The molecule has 0 bridgehead atoms. The number of rotatable bonds is 3. The maximum atomic E-state index is 12.7. The molecule has 128 valence electrons. The Morgan fingerprint density at radius 3 is 2.28 bits per heavy atom. The summed E-state index contributed by atoms with van der Waals surface area (Å²) in [5, 5.41) is 11.8. The van der Waals surface area contributed by atoms with Gasteiger partial charge < -0.3 is 5.32 Å². The van der Waals surface area contributed by atoms with E-state index in [1.165, 1.54) is 24.3 Å². The van der Waals surface area contributed by atoms with Crippen LogP contribution in [-0.2, 0) is 11.0 Å². The summed E-state index contributed by atoms with van der Waals surface area (Å²) < 4.78 is 38.2. The van der Waals surface area contributed by atoms with Crippen molar-refractivity contribution in [3.8, 4) is 6.07 Å². The Balaban J connectivity index is 2.32. The number of alkyl halides is 3. The van der Waals surface area contributed by atoms with Crippen molar-refractivity contribution in [1.82, 2.24) is 0 Å². The third kappa shape index (κ3) is 4.75. The molecule has 0 saturated heterocycles. The zero-order valence-electron chi connectivity index (χ0n) is 12.4. The number of benzene rings is 2. The number of nitriles is 1. The molecule has 0 aliphatic carbocycles. The Hall–Kier alpha value is -2.49. The maximum Gasteiger partial charge on any atom is 0.416 e. The zero-order valence-corrected chi connectivity index (χ0v) is 13.9. The third-order valence-electron chi connectivity index (χ3n) is 3.09. The lowest BCUT2D eigenvalue weighted by Crippen LogP contribution is -2.14. The molecule has 2 rings (SSSR count). The number of hydrogen-bond donors (Lipinski definition) is 1. The Bertz CT molecular complexity index is 866. The molecule has 25 heavy (non-hydrogen) atoms. The molecule has 0 spiro atoms. The Labute approximate surface area is 151 Å². The summed E-state index contributed by atoms with van der Waals surface area (Å²) in [4.78, 5) is 12.2. The number of para-hydroxylation sites is 1. The van der Waals surface area contributed by atoms with E-state index in [2.05, 4.69) is 5.32 Å². The Morgan fingerprint density at radius 2 is 1.72 bits per heavy atom. The highest BCUT2D eigenvalue weighted by Crippen LogP contribution is 2.31. The van der Waals surface area contributed by atoms with Crippen LogP contribution in [-0.4, -0.2) is 5.91 Å². The van der Waals surface area contributed by atoms with E-state index in [4.69, 9.17) is 28.5 Å². The van der Waals surface area contributed by atoms with Crippen LogP contribution in [0.5, 0.6) is 0 Å². The van der Waals surface area contributed by atoms with Crippen molar-refractivity contribution < 1.29 is 18.0 Å². The highest BCUT2D eigenvalue weighted by Gasteiger charge is 2.30. The molecular weight excluding hydrogens is 376 g/mol. The van der Waals surface area contributed by atoms with Gasteiger partial charge in [0.05, 0.1) is 21.3 Å². The number of carbonyl (C=O) groups is 1.